The third-order valence-corrected chi connectivity index (χ3v) is 4.71. The van der Waals surface area contributed by atoms with E-state index in [4.69, 9.17) is 4.74 Å². The average molecular weight is 279 g/mol. The van der Waals surface area contributed by atoms with Crippen molar-refractivity contribution in [2.75, 3.05) is 0 Å². The largest absolute Gasteiger partial charge is 0.512 e. The van der Waals surface area contributed by atoms with Crippen LogP contribution in [0.1, 0.15) is 45.9 Å². The quantitative estimate of drug-likeness (QED) is 0.780. The number of carbonyl (C=O) groups is 1. The second-order valence-electron chi connectivity index (χ2n) is 6.57. The van der Waals surface area contributed by atoms with Crippen molar-refractivity contribution in [1.29, 1.82) is 0 Å². The molecule has 4 heteroatoms. The first-order valence-corrected chi connectivity index (χ1v) is 7.64. The van der Waals surface area contributed by atoms with Crippen LogP contribution in [0.4, 0.5) is 4.79 Å². The number of aryl methyl sites for hydroxylation is 1. The van der Waals surface area contributed by atoms with E-state index in [0.29, 0.717) is 17.8 Å². The molecule has 20 heavy (non-hydrogen) atoms. The lowest BCUT2D eigenvalue weighted by atomic mass is 9.75. The van der Waals surface area contributed by atoms with Crippen LogP contribution in [0.25, 0.3) is 0 Å². The summed E-state index contributed by atoms with van der Waals surface area (Å²) in [5, 5.41) is 0. The predicted octanol–water partition coefficient (Wildman–Crippen LogP) is 3.07. The molecule has 1 fully saturated rings. The van der Waals surface area contributed by atoms with E-state index < -0.39 is 0 Å². The zero-order valence-corrected chi connectivity index (χ0v) is 13.3. The molecule has 0 aliphatic heterocycles. The second-order valence-corrected chi connectivity index (χ2v) is 6.57. The van der Waals surface area contributed by atoms with Gasteiger partial charge in [0.1, 0.15) is 18.5 Å². The third-order valence-electron chi connectivity index (χ3n) is 4.71. The molecule has 0 bridgehead atoms. The maximum absolute atomic E-state index is 12.3. The number of hydrogen-bond acceptors (Lipinski definition) is 2. The summed E-state index contributed by atoms with van der Waals surface area (Å²) >= 11 is 0. The Morgan fingerprint density at radius 1 is 1.45 bits per heavy atom. The Balaban J connectivity index is 2.10. The molecule has 0 N–H and O–H groups in total. The predicted molar refractivity (Wildman–Crippen MR) is 77.4 cm³/mol. The van der Waals surface area contributed by atoms with Gasteiger partial charge in [0, 0.05) is 6.92 Å². The van der Waals surface area contributed by atoms with E-state index >= 15 is 0 Å². The molecule has 1 aromatic heterocycles. The number of nitrogens with zero attached hydrogens (tertiary/aromatic N) is 2. The maximum atomic E-state index is 12.3. The third kappa shape index (κ3) is 3.05. The lowest BCUT2D eigenvalue weighted by Gasteiger charge is -2.36. The van der Waals surface area contributed by atoms with Gasteiger partial charge >= 0.3 is 6.09 Å². The van der Waals surface area contributed by atoms with Gasteiger partial charge in [-0.3, -0.25) is 0 Å². The monoisotopic (exact) mass is 279 g/mol. The molecule has 0 spiro atoms. The van der Waals surface area contributed by atoms with E-state index in [2.05, 4.69) is 20.8 Å². The van der Waals surface area contributed by atoms with Gasteiger partial charge in [0.25, 0.3) is 5.82 Å². The van der Waals surface area contributed by atoms with E-state index in [1.54, 1.807) is 10.8 Å². The number of imidazole rings is 1. The summed E-state index contributed by atoms with van der Waals surface area (Å²) in [4.78, 5) is 12.3. The molecule has 0 radical (unpaired) electrons. The van der Waals surface area contributed by atoms with Crippen LogP contribution in [0.3, 0.4) is 0 Å². The summed E-state index contributed by atoms with van der Waals surface area (Å²) in [5.41, 5.74) is 0. The van der Waals surface area contributed by atoms with Crippen LogP contribution in [-0.4, -0.2) is 16.8 Å². The molecule has 0 amide bonds. The Hall–Kier alpha value is -1.32. The Labute approximate surface area is 121 Å². The molecule has 1 saturated carbocycles. The summed E-state index contributed by atoms with van der Waals surface area (Å²) in [6.07, 6.45) is 6.85. The van der Waals surface area contributed by atoms with Crippen LogP contribution < -0.4 is 4.57 Å². The minimum absolute atomic E-state index is 0.0540. The van der Waals surface area contributed by atoms with Crippen LogP contribution in [0.15, 0.2) is 12.4 Å². The summed E-state index contributed by atoms with van der Waals surface area (Å²) in [5.74, 6) is 2.58. The summed E-state index contributed by atoms with van der Waals surface area (Å²) in [7, 11) is 1.93. The van der Waals surface area contributed by atoms with Gasteiger partial charge in [-0.1, -0.05) is 27.2 Å². The van der Waals surface area contributed by atoms with Crippen molar-refractivity contribution in [1.82, 2.24) is 4.57 Å². The Bertz CT molecular complexity index is 479. The van der Waals surface area contributed by atoms with Gasteiger partial charge in [0.05, 0.1) is 7.05 Å². The Morgan fingerprint density at radius 2 is 2.15 bits per heavy atom. The van der Waals surface area contributed by atoms with E-state index in [-0.39, 0.29) is 12.2 Å². The van der Waals surface area contributed by atoms with Gasteiger partial charge in [-0.25, -0.2) is 4.57 Å². The van der Waals surface area contributed by atoms with Gasteiger partial charge in [0.2, 0.25) is 0 Å². The molecular formula is C16H27N2O2+. The van der Waals surface area contributed by atoms with Crippen LogP contribution in [-0.2, 0) is 11.8 Å². The van der Waals surface area contributed by atoms with Gasteiger partial charge in [-0.05, 0) is 30.6 Å². The molecule has 1 aromatic rings. The molecule has 3 atom stereocenters. The fourth-order valence-corrected chi connectivity index (χ4v) is 3.18. The van der Waals surface area contributed by atoms with Crippen LogP contribution in [0, 0.1) is 24.7 Å². The molecule has 1 aliphatic rings. The number of hydrogen-bond donors (Lipinski definition) is 0. The lowest BCUT2D eigenvalue weighted by Crippen LogP contribution is -2.38. The fourth-order valence-electron chi connectivity index (χ4n) is 3.18. The highest BCUT2D eigenvalue weighted by Crippen LogP contribution is 2.35. The van der Waals surface area contributed by atoms with E-state index in [9.17, 15) is 4.79 Å². The highest BCUT2D eigenvalue weighted by molar-refractivity contribution is 5.70. The normalized spacial score (nSPS) is 26.8. The molecular weight excluding hydrogens is 252 g/mol. The first-order chi connectivity index (χ1) is 9.40. The van der Waals surface area contributed by atoms with Crippen molar-refractivity contribution >= 4 is 6.09 Å². The minimum Gasteiger partial charge on any atom is -0.427 e. The zero-order chi connectivity index (χ0) is 14.9. The molecule has 0 saturated heterocycles. The van der Waals surface area contributed by atoms with E-state index in [1.807, 2.05) is 24.7 Å². The average Bonchev–Trinajstić information content (AvgIpc) is 2.69. The van der Waals surface area contributed by atoms with Crippen LogP contribution in [0.2, 0.25) is 0 Å². The van der Waals surface area contributed by atoms with Gasteiger partial charge < -0.3 is 4.74 Å². The van der Waals surface area contributed by atoms with Crippen LogP contribution in [0.5, 0.6) is 0 Å². The standard InChI is InChI=1S/C16H27N2O2/c1-11(2)14-7-6-12(3)10-15(14)20-16(19)18-9-8-17(5)13(18)4/h8-9,11-12,14-15H,6-7,10H2,1-5H3/q+1/t12-,14+,15-/m1/s1. The van der Waals surface area contributed by atoms with Crippen molar-refractivity contribution < 1.29 is 14.1 Å². The molecule has 0 aromatic carbocycles. The van der Waals surface area contributed by atoms with E-state index in [1.165, 1.54) is 6.42 Å². The smallest absolute Gasteiger partial charge is 0.427 e. The molecule has 2 rings (SSSR count). The van der Waals surface area contributed by atoms with Gasteiger partial charge in [-0.2, -0.15) is 4.79 Å². The maximum Gasteiger partial charge on any atom is 0.512 e. The molecule has 1 aliphatic carbocycles. The highest BCUT2D eigenvalue weighted by Gasteiger charge is 2.35. The van der Waals surface area contributed by atoms with Crippen molar-refractivity contribution in [2.24, 2.45) is 24.8 Å². The first kappa shape index (κ1) is 15.1. The van der Waals surface area contributed by atoms with Crippen LogP contribution >= 0.6 is 0 Å². The SMILES string of the molecule is Cc1n(C(=O)O[C@@H]2C[C@H](C)CC[C@H]2C(C)C)cc[n+]1C. The number of rotatable bonds is 2. The van der Waals surface area contributed by atoms with E-state index in [0.717, 1.165) is 18.7 Å². The Morgan fingerprint density at radius 3 is 2.70 bits per heavy atom. The topological polar surface area (TPSA) is 35.1 Å². The van der Waals surface area contributed by atoms with Crippen molar-refractivity contribution in [3.63, 3.8) is 0 Å². The first-order valence-electron chi connectivity index (χ1n) is 7.64. The zero-order valence-electron chi connectivity index (χ0n) is 13.3. The summed E-state index contributed by atoms with van der Waals surface area (Å²) in [6, 6.07) is 0. The Kier molecular flexibility index (Phi) is 4.51. The minimum atomic E-state index is -0.243. The molecule has 112 valence electrons. The summed E-state index contributed by atoms with van der Waals surface area (Å²) in [6.45, 7) is 8.62. The summed E-state index contributed by atoms with van der Waals surface area (Å²) < 4.78 is 9.34. The van der Waals surface area contributed by atoms with Crippen molar-refractivity contribution in [2.45, 2.75) is 53.1 Å². The molecule has 1 heterocycles. The fraction of sp³-hybridized carbons (Fsp3) is 0.750. The van der Waals surface area contributed by atoms with Crippen molar-refractivity contribution in [3.8, 4) is 0 Å². The second kappa shape index (κ2) is 5.98. The molecule has 4 nitrogen and oxygen atoms in total. The van der Waals surface area contributed by atoms with Crippen molar-refractivity contribution in [3.05, 3.63) is 18.2 Å². The number of ether oxygens (including phenoxy) is 1. The number of aromatic nitrogens is 2. The highest BCUT2D eigenvalue weighted by atomic mass is 16.6. The lowest BCUT2D eigenvalue weighted by molar-refractivity contribution is -0.676. The van der Waals surface area contributed by atoms with Gasteiger partial charge in [0.15, 0.2) is 0 Å². The molecule has 0 unspecified atom stereocenters. The van der Waals surface area contributed by atoms with Gasteiger partial charge in [-0.15, -0.1) is 4.57 Å². The number of carbonyl (C=O) groups excluding carboxylic acids is 1.